The Morgan fingerprint density at radius 3 is 1.82 bits per heavy atom. The highest BCUT2D eigenvalue weighted by Crippen LogP contribution is 2.38. The maximum atomic E-state index is 12.7. The summed E-state index contributed by atoms with van der Waals surface area (Å²) < 4.78 is 0. The Hall–Kier alpha value is -2.08. The number of hydrazone groups is 1. The van der Waals surface area contributed by atoms with Crippen molar-refractivity contribution in [1.82, 2.24) is 10.7 Å². The number of benzene rings is 1. The predicted molar refractivity (Wildman–Crippen MR) is 163 cm³/mol. The summed E-state index contributed by atoms with van der Waals surface area (Å²) in [7, 11) is 0. The summed E-state index contributed by atoms with van der Waals surface area (Å²) in [4.78, 5) is 12.7. The zero-order valence-electron chi connectivity index (χ0n) is 25.4. The highest BCUT2D eigenvalue weighted by atomic mass is 16.2. The van der Waals surface area contributed by atoms with Crippen molar-refractivity contribution in [2.24, 2.45) is 10.8 Å². The monoisotopic (exact) mass is 527 g/mol. The zero-order valence-corrected chi connectivity index (χ0v) is 25.4. The molecule has 0 bridgehead atoms. The number of unbranched alkanes of at least 4 members (excludes halogenated alkanes) is 11. The van der Waals surface area contributed by atoms with E-state index in [0.717, 1.165) is 43.6 Å². The Morgan fingerprint density at radius 2 is 1.32 bits per heavy atom. The zero-order chi connectivity index (χ0) is 27.9. The van der Waals surface area contributed by atoms with Gasteiger partial charge >= 0.3 is 0 Å². The summed E-state index contributed by atoms with van der Waals surface area (Å²) in [6.07, 6.45) is 17.8. The van der Waals surface area contributed by atoms with Crippen LogP contribution >= 0.6 is 0 Å². The summed E-state index contributed by atoms with van der Waals surface area (Å²) >= 11 is 0. The number of anilines is 1. The van der Waals surface area contributed by atoms with Gasteiger partial charge in [-0.05, 0) is 35.8 Å². The van der Waals surface area contributed by atoms with Crippen LogP contribution in [0.4, 0.5) is 5.69 Å². The predicted octanol–water partition coefficient (Wildman–Crippen LogP) is 8.53. The van der Waals surface area contributed by atoms with Crippen LogP contribution in [0.5, 0.6) is 0 Å². The second kappa shape index (κ2) is 17.5. The quantitative estimate of drug-likeness (QED) is 0.167. The number of amidine groups is 1. The molecule has 1 aromatic carbocycles. The van der Waals surface area contributed by atoms with Crippen molar-refractivity contribution < 1.29 is 4.79 Å². The molecule has 1 amide bonds. The van der Waals surface area contributed by atoms with Crippen LogP contribution in [0.2, 0.25) is 0 Å². The number of hydrogen-bond acceptors (Lipinski definition) is 5. The highest BCUT2D eigenvalue weighted by Gasteiger charge is 2.38. The largest absolute Gasteiger partial charge is 0.368 e. The lowest BCUT2D eigenvalue weighted by atomic mass is 9.92. The normalized spacial score (nSPS) is 14.8. The van der Waals surface area contributed by atoms with E-state index in [1.807, 2.05) is 5.12 Å². The van der Waals surface area contributed by atoms with E-state index in [1.54, 1.807) is 0 Å². The van der Waals surface area contributed by atoms with Crippen LogP contribution in [0.1, 0.15) is 161 Å². The summed E-state index contributed by atoms with van der Waals surface area (Å²) in [5, 5.41) is 8.93. The Balaban J connectivity index is 2.20. The van der Waals surface area contributed by atoms with Crippen molar-refractivity contribution in [2.45, 2.75) is 156 Å². The summed E-state index contributed by atoms with van der Waals surface area (Å²) in [5.41, 5.74) is 12.9. The minimum atomic E-state index is -0.448. The fourth-order valence-electron chi connectivity index (χ4n) is 5.43. The van der Waals surface area contributed by atoms with Crippen LogP contribution in [0, 0.1) is 0 Å². The van der Waals surface area contributed by atoms with Gasteiger partial charge in [-0.15, -0.1) is 5.10 Å². The fraction of sp³-hybridized carbons (Fsp3) is 0.750. The van der Waals surface area contributed by atoms with Gasteiger partial charge in [-0.2, -0.15) is 0 Å². The molecule has 1 unspecified atom stereocenters. The highest BCUT2D eigenvalue weighted by molar-refractivity contribution is 6.00. The van der Waals surface area contributed by atoms with Crippen LogP contribution in [0.15, 0.2) is 23.3 Å². The van der Waals surface area contributed by atoms with E-state index >= 15 is 0 Å². The standard InChI is InChI=1S/C32H57N5O/c1-7-9-11-12-13-14-15-16-17-19-24-30-34-35-37(29(32(33)38)23-18-10-8-2)36(30)31-27(25(3)4)21-20-22-28(31)26(5)6/h20-22,25-26,29,35H,7-19,23-24H2,1-6H3,(H2,33,38). The number of primary amides is 1. The van der Waals surface area contributed by atoms with Gasteiger partial charge in [0.2, 0.25) is 5.91 Å². The van der Waals surface area contributed by atoms with Gasteiger partial charge in [-0.3, -0.25) is 4.79 Å². The summed E-state index contributed by atoms with van der Waals surface area (Å²) in [6, 6.07) is 6.15. The molecule has 38 heavy (non-hydrogen) atoms. The van der Waals surface area contributed by atoms with Crippen molar-refractivity contribution >= 4 is 17.4 Å². The molecule has 0 fully saturated rings. The van der Waals surface area contributed by atoms with E-state index in [-0.39, 0.29) is 5.91 Å². The number of amides is 1. The molecule has 0 saturated heterocycles. The third-order valence-corrected chi connectivity index (χ3v) is 7.75. The molecule has 2 rings (SSSR count). The second-order valence-corrected chi connectivity index (χ2v) is 11.7. The molecule has 0 radical (unpaired) electrons. The van der Waals surface area contributed by atoms with Crippen LogP contribution in [-0.2, 0) is 4.79 Å². The van der Waals surface area contributed by atoms with Crippen LogP contribution in [0.3, 0.4) is 0 Å². The SMILES string of the molecule is CCCCCCCCCCCCC1=NNN(C(CCCCC)C(N)=O)N1c1c(C(C)C)cccc1C(C)C. The molecule has 0 saturated carbocycles. The van der Waals surface area contributed by atoms with Gasteiger partial charge < -0.3 is 5.73 Å². The first-order chi connectivity index (χ1) is 18.3. The van der Waals surface area contributed by atoms with E-state index < -0.39 is 6.04 Å². The third-order valence-electron chi connectivity index (χ3n) is 7.75. The minimum Gasteiger partial charge on any atom is -0.368 e. The van der Waals surface area contributed by atoms with Crippen molar-refractivity contribution in [2.75, 3.05) is 5.01 Å². The van der Waals surface area contributed by atoms with Gasteiger partial charge in [0.05, 0.1) is 5.69 Å². The first-order valence-electron chi connectivity index (χ1n) is 15.7. The van der Waals surface area contributed by atoms with Crippen molar-refractivity contribution in [3.8, 4) is 0 Å². The van der Waals surface area contributed by atoms with Crippen molar-refractivity contribution in [3.05, 3.63) is 29.3 Å². The van der Waals surface area contributed by atoms with Crippen molar-refractivity contribution in [3.63, 3.8) is 0 Å². The Bertz CT molecular complexity index is 824. The lowest BCUT2D eigenvalue weighted by Gasteiger charge is -2.37. The summed E-state index contributed by atoms with van der Waals surface area (Å²) in [5.74, 6) is 1.37. The summed E-state index contributed by atoms with van der Waals surface area (Å²) in [6.45, 7) is 13.4. The second-order valence-electron chi connectivity index (χ2n) is 11.7. The number of hydrazine groups is 2. The minimum absolute atomic E-state index is 0.304. The average molecular weight is 528 g/mol. The van der Waals surface area contributed by atoms with E-state index in [4.69, 9.17) is 10.8 Å². The number of para-hydroxylation sites is 1. The van der Waals surface area contributed by atoms with Gasteiger partial charge in [-0.25, -0.2) is 10.5 Å². The maximum absolute atomic E-state index is 12.7. The first-order valence-corrected chi connectivity index (χ1v) is 15.7. The van der Waals surface area contributed by atoms with E-state index in [9.17, 15) is 4.79 Å². The Morgan fingerprint density at radius 1 is 0.816 bits per heavy atom. The maximum Gasteiger partial charge on any atom is 0.238 e. The van der Waals surface area contributed by atoms with Crippen LogP contribution in [-0.4, -0.2) is 22.9 Å². The average Bonchev–Trinajstić information content (AvgIpc) is 3.29. The number of nitrogens with zero attached hydrogens (tertiary/aromatic N) is 3. The molecule has 1 aromatic rings. The van der Waals surface area contributed by atoms with Crippen LogP contribution < -0.4 is 16.3 Å². The molecule has 1 aliphatic heterocycles. The molecular weight excluding hydrogens is 470 g/mol. The smallest absolute Gasteiger partial charge is 0.238 e. The Kier molecular flexibility index (Phi) is 14.8. The number of nitrogens with one attached hydrogen (secondary N) is 1. The number of carbonyl (C=O) groups is 1. The first kappa shape index (κ1) is 32.1. The van der Waals surface area contributed by atoms with Gasteiger partial charge in [0, 0.05) is 6.42 Å². The molecule has 1 atom stereocenters. The third kappa shape index (κ3) is 9.59. The molecule has 6 heteroatoms. The lowest BCUT2D eigenvalue weighted by molar-refractivity contribution is -0.124. The van der Waals surface area contributed by atoms with E-state index in [1.165, 1.54) is 68.9 Å². The van der Waals surface area contributed by atoms with E-state index in [0.29, 0.717) is 18.3 Å². The number of rotatable bonds is 20. The molecular formula is C32H57N5O. The fourth-order valence-corrected chi connectivity index (χ4v) is 5.43. The molecule has 1 aliphatic rings. The lowest BCUT2D eigenvalue weighted by Crippen LogP contribution is -2.57. The molecule has 3 N–H and O–H groups in total. The molecule has 0 aliphatic carbocycles. The van der Waals surface area contributed by atoms with Gasteiger partial charge in [-0.1, -0.05) is 142 Å². The molecule has 1 heterocycles. The molecule has 216 valence electrons. The van der Waals surface area contributed by atoms with Gasteiger partial charge in [0.1, 0.15) is 11.9 Å². The Labute approximate surface area is 233 Å². The van der Waals surface area contributed by atoms with Crippen molar-refractivity contribution in [1.29, 1.82) is 0 Å². The number of hydrogen-bond donors (Lipinski definition) is 2. The van der Waals surface area contributed by atoms with Crippen LogP contribution in [0.25, 0.3) is 0 Å². The van der Waals surface area contributed by atoms with Gasteiger partial charge in [0.25, 0.3) is 0 Å². The topological polar surface area (TPSA) is 74.0 Å². The number of nitrogens with two attached hydrogens (primary N) is 1. The molecule has 6 nitrogen and oxygen atoms in total. The van der Waals surface area contributed by atoms with E-state index in [2.05, 4.69) is 70.3 Å². The number of carbonyl (C=O) groups excluding carboxylic acids is 1. The molecule has 0 spiro atoms. The van der Waals surface area contributed by atoms with Gasteiger partial charge in [0.15, 0.2) is 0 Å². The molecule has 0 aromatic heterocycles.